The Kier molecular flexibility index (Phi) is 29.3. The highest BCUT2D eigenvalue weighted by Gasteiger charge is 2.60. The number of hydrogen-bond donors (Lipinski definition) is 29. The molecular weight excluding hydrogens is 1350 g/mol. The Hall–Kier alpha value is -2.25. The average Bonchev–Trinajstić information content (AvgIpc) is 0.770. The van der Waals surface area contributed by atoms with Crippen LogP contribution in [0.15, 0.2) is 0 Å². The minimum absolute atomic E-state index is 0.861. The van der Waals surface area contributed by atoms with E-state index in [-0.39, 0.29) is 0 Å². The first kappa shape index (κ1) is 81.4. The quantitative estimate of drug-likeness (QED) is 0.0382. The molecule has 0 aromatic heterocycles. The molecule has 29 N–H and O–H groups in total. The van der Waals surface area contributed by atoms with Gasteiger partial charge in [-0.05, 0) is 0 Å². The summed E-state index contributed by atoms with van der Waals surface area (Å²) < 4.78 is 85.7. The summed E-state index contributed by atoms with van der Waals surface area (Å²) in [5.41, 5.74) is 0. The Balaban J connectivity index is 1.15. The average molecular weight is 1450 g/mol. The second-order valence-corrected chi connectivity index (χ2v) is 24.7. The van der Waals surface area contributed by atoms with E-state index >= 15 is 0 Å². The van der Waals surface area contributed by atoms with Crippen LogP contribution in [0, 0.1) is 0 Å². The van der Waals surface area contributed by atoms with E-state index in [1.165, 1.54) is 0 Å². The van der Waals surface area contributed by atoms with Gasteiger partial charge in [0, 0.05) is 6.92 Å². The topological polar surface area (TPSA) is 734 Å². The van der Waals surface area contributed by atoms with Gasteiger partial charge in [0.1, 0.15) is 214 Å². The van der Waals surface area contributed by atoms with Crippen molar-refractivity contribution in [1.29, 1.82) is 0 Å². The second kappa shape index (κ2) is 35.2. The first-order valence-corrected chi connectivity index (χ1v) is 30.9. The smallest absolute Gasteiger partial charge is 0.217 e. The molecule has 45 nitrogen and oxygen atoms in total. The van der Waals surface area contributed by atoms with E-state index < -0.39 is 323 Å². The third-order valence-corrected chi connectivity index (χ3v) is 18.0. The van der Waals surface area contributed by atoms with Gasteiger partial charge < -0.3 is 219 Å². The van der Waals surface area contributed by atoms with Crippen LogP contribution in [-0.4, -0.2) is 466 Å². The molecule has 0 bridgehead atoms. The maximum Gasteiger partial charge on any atom is 0.217 e. The van der Waals surface area contributed by atoms with E-state index in [4.69, 9.17) is 71.1 Å². The molecule has 45 heteroatoms. The predicted octanol–water partition coefficient (Wildman–Crippen LogP) is -20.2. The van der Waals surface area contributed by atoms with Crippen molar-refractivity contribution < 1.29 is 219 Å². The lowest BCUT2D eigenvalue weighted by molar-refractivity contribution is -0.408. The number of ether oxygens (including phenoxy) is 15. The van der Waals surface area contributed by atoms with Crippen LogP contribution in [0.1, 0.15) is 6.92 Å². The molecule has 0 aromatic carbocycles. The van der Waals surface area contributed by atoms with Gasteiger partial charge in [-0.25, -0.2) is 0 Å². The fraction of sp³-hybridized carbons (Fsp3) is 0.981. The summed E-state index contributed by atoms with van der Waals surface area (Å²) >= 11 is 0. The van der Waals surface area contributed by atoms with Crippen molar-refractivity contribution in [3.8, 4) is 0 Å². The largest absolute Gasteiger partial charge is 0.394 e. The Morgan fingerprint density at radius 3 is 1.17 bits per heavy atom. The molecule has 8 rings (SSSR count). The van der Waals surface area contributed by atoms with E-state index in [0.29, 0.717) is 0 Å². The maximum absolute atomic E-state index is 12.4. The van der Waals surface area contributed by atoms with Gasteiger partial charge in [-0.15, -0.1) is 0 Å². The molecule has 8 aliphatic rings. The molecule has 8 heterocycles. The van der Waals surface area contributed by atoms with Crippen molar-refractivity contribution in [2.45, 2.75) is 271 Å². The van der Waals surface area contributed by atoms with E-state index in [1.54, 1.807) is 0 Å². The predicted molar refractivity (Wildman–Crippen MR) is 294 cm³/mol. The molecular formula is C53H91NO44. The summed E-state index contributed by atoms with van der Waals surface area (Å²) in [6.07, 6.45) is -92.2. The molecule has 0 aromatic rings. The van der Waals surface area contributed by atoms with Crippen LogP contribution in [0.25, 0.3) is 0 Å². The lowest BCUT2D eigenvalue weighted by Crippen LogP contribution is -2.70. The molecule has 0 unspecified atom stereocenters. The highest BCUT2D eigenvalue weighted by molar-refractivity contribution is 5.73. The number of aliphatic hydroxyl groups excluding tert-OH is 28. The Morgan fingerprint density at radius 1 is 0.327 bits per heavy atom. The lowest BCUT2D eigenvalue weighted by Gasteiger charge is -2.51. The summed E-state index contributed by atoms with van der Waals surface area (Å²) in [7, 11) is 0. The van der Waals surface area contributed by atoms with E-state index in [9.17, 15) is 148 Å². The zero-order chi connectivity index (χ0) is 72.4. The highest BCUT2D eigenvalue weighted by Crippen LogP contribution is 2.39. The van der Waals surface area contributed by atoms with Gasteiger partial charge in [0.05, 0.1) is 52.9 Å². The molecule has 8 fully saturated rings. The third kappa shape index (κ3) is 17.3. The molecule has 8 aliphatic heterocycles. The van der Waals surface area contributed by atoms with Crippen LogP contribution in [0.2, 0.25) is 0 Å². The summed E-state index contributed by atoms with van der Waals surface area (Å²) in [4.78, 5) is 12.3. The SMILES string of the molecule is CC(=O)N[C@H]1[C@@H](O[C@H]2[C@@H](O[C@H]3[C@@H](O[C@@H]4[C@@H](O)[C@@H](O[C@@H]5[C@H](O)[C@@H](O[C@H]6[C@H](O)[C@@H]([C@@H](O)CO)O[C@H](O)[C@H]6O)O[C@H]([C@@H](O)CO[C@H]6O[C@H]([C@@H](O)CO)[C@@H](O)[C@H](O)[C@@H]6O)[C@H]5O)O[C@H](CO[C@H]5O[C@H](CO)[C@H](O)[C@H](O)[C@H]5O)[C@H]4O)O[C@H](CO)[C@@H](O)[C@@H]3O)O[C@H](CO)[C@@H](O)[C@@H]2O)O[C@H](CO)[C@@H](O)[C@@H]1O. The summed E-state index contributed by atoms with van der Waals surface area (Å²) in [6.45, 7) is -7.87. The number of rotatable bonds is 26. The zero-order valence-electron chi connectivity index (χ0n) is 51.5. The molecule has 8 saturated heterocycles. The molecule has 0 spiro atoms. The van der Waals surface area contributed by atoms with Crippen molar-refractivity contribution in [2.24, 2.45) is 0 Å². The van der Waals surface area contributed by atoms with E-state index in [0.717, 1.165) is 6.92 Å². The monoisotopic (exact) mass is 1450 g/mol. The molecule has 43 atom stereocenters. The zero-order valence-corrected chi connectivity index (χ0v) is 51.5. The van der Waals surface area contributed by atoms with Crippen molar-refractivity contribution >= 4 is 5.91 Å². The summed E-state index contributed by atoms with van der Waals surface area (Å²) in [5.74, 6) is -0.861. The van der Waals surface area contributed by atoms with Gasteiger partial charge in [0.25, 0.3) is 0 Å². The first-order valence-electron chi connectivity index (χ1n) is 30.9. The summed E-state index contributed by atoms with van der Waals surface area (Å²) in [6, 6.07) is -1.76. The standard InChI is InChI=1S/C53H91NO44/c1-10(61)54-19-25(70)20(65)14(4-57)86-47(19)97-44-28(73)22(67)17(7-60)89-53(44)98-45-29(74)23(68)16(6-59)88-52(45)96-41-24(69)18(9-85-48-31(76)26(71)21(66)15(5-58)87-48)90-50(36(41)81)95-43-34(79)40(13(64)8-84-49-32(77)27(72)30(75)38(92-49)11(62)2-55)93-51(37(43)82)94-42-33(78)39(12(63)3-56)91-46(83)35(42)80/h11-53,55-60,62-83H,2-9H2,1H3,(H,54,61)/t11-,12-,13-,14+,15+,16+,17+,18+,19+,20+,21-,22+,23+,24+,25+,26-,27-,28-,29-,30-,31+,32-,33+,34+,35-,36+,37-,38+,39+,40+,41-,42-,43-,44+,45+,46-,47+,48-,49-,50+,51+,52+,53+/m0/s1. The normalized spacial score (nSPS) is 50.7. The first-order chi connectivity index (χ1) is 46.3. The Labute approximate surface area is 552 Å². The Bertz CT molecular complexity index is 2420. The minimum atomic E-state index is -2.65. The molecule has 1 amide bonds. The van der Waals surface area contributed by atoms with Crippen LogP contribution in [0.3, 0.4) is 0 Å². The van der Waals surface area contributed by atoms with Gasteiger partial charge >= 0.3 is 0 Å². The minimum Gasteiger partial charge on any atom is -0.394 e. The van der Waals surface area contributed by atoms with Crippen LogP contribution in [0.5, 0.6) is 0 Å². The Morgan fingerprint density at radius 2 is 0.684 bits per heavy atom. The molecule has 572 valence electrons. The van der Waals surface area contributed by atoms with Gasteiger partial charge in [-0.2, -0.15) is 0 Å². The fourth-order valence-electron chi connectivity index (χ4n) is 12.3. The number of aliphatic hydroxyl groups is 28. The molecule has 0 saturated carbocycles. The van der Waals surface area contributed by atoms with Crippen molar-refractivity contribution in [3.05, 3.63) is 0 Å². The highest BCUT2D eigenvalue weighted by atomic mass is 16.8. The lowest BCUT2D eigenvalue weighted by atomic mass is 9.93. The van der Waals surface area contributed by atoms with E-state index in [1.807, 2.05) is 0 Å². The van der Waals surface area contributed by atoms with Crippen LogP contribution < -0.4 is 5.32 Å². The maximum atomic E-state index is 12.4. The second-order valence-electron chi connectivity index (χ2n) is 24.7. The fourth-order valence-corrected chi connectivity index (χ4v) is 12.3. The number of amides is 1. The van der Waals surface area contributed by atoms with Crippen LogP contribution in [0.4, 0.5) is 0 Å². The van der Waals surface area contributed by atoms with Gasteiger partial charge in [-0.1, -0.05) is 0 Å². The number of hydrogen-bond acceptors (Lipinski definition) is 44. The van der Waals surface area contributed by atoms with Crippen molar-refractivity contribution in [2.75, 3.05) is 52.9 Å². The number of carbonyl (C=O) groups is 1. The van der Waals surface area contributed by atoms with Crippen LogP contribution in [-0.2, 0) is 75.8 Å². The molecule has 0 aliphatic carbocycles. The van der Waals surface area contributed by atoms with Gasteiger partial charge in [-0.3, -0.25) is 4.79 Å². The van der Waals surface area contributed by atoms with E-state index in [2.05, 4.69) is 5.32 Å². The number of nitrogens with one attached hydrogen (secondary N) is 1. The third-order valence-electron chi connectivity index (χ3n) is 18.0. The van der Waals surface area contributed by atoms with Crippen molar-refractivity contribution in [3.63, 3.8) is 0 Å². The van der Waals surface area contributed by atoms with Gasteiger partial charge in [0.15, 0.2) is 50.3 Å². The van der Waals surface area contributed by atoms with Gasteiger partial charge in [0.2, 0.25) is 5.91 Å². The molecule has 98 heavy (non-hydrogen) atoms. The number of carbonyl (C=O) groups excluding carboxylic acids is 1. The molecule has 0 radical (unpaired) electrons. The van der Waals surface area contributed by atoms with Crippen molar-refractivity contribution in [1.82, 2.24) is 5.32 Å². The van der Waals surface area contributed by atoms with Crippen LogP contribution >= 0.6 is 0 Å². The summed E-state index contributed by atoms with van der Waals surface area (Å²) in [5, 5.41) is 308.